The van der Waals surface area contributed by atoms with Crippen LogP contribution in [0.25, 0.3) is 0 Å². The molecular formula is C14H21N5O2S. The lowest BCUT2D eigenvalue weighted by Crippen LogP contribution is -2.29. The summed E-state index contributed by atoms with van der Waals surface area (Å²) in [6.45, 7) is 4.67. The molecule has 2 aromatic rings. The van der Waals surface area contributed by atoms with Gasteiger partial charge in [-0.25, -0.2) is 13.4 Å². The average molecular weight is 323 g/mol. The highest BCUT2D eigenvalue weighted by Crippen LogP contribution is 2.31. The van der Waals surface area contributed by atoms with Crippen LogP contribution < -0.4 is 0 Å². The number of sulfonamides is 1. The molecule has 0 spiro atoms. The zero-order chi connectivity index (χ0) is 16.1. The van der Waals surface area contributed by atoms with Crippen molar-refractivity contribution >= 4 is 10.0 Å². The summed E-state index contributed by atoms with van der Waals surface area (Å²) >= 11 is 0. The summed E-state index contributed by atoms with van der Waals surface area (Å²) in [4.78, 5) is 4.83. The van der Waals surface area contributed by atoms with Gasteiger partial charge in [0.15, 0.2) is 0 Å². The second-order valence-corrected chi connectivity index (χ2v) is 7.86. The van der Waals surface area contributed by atoms with Crippen molar-refractivity contribution in [2.24, 2.45) is 14.1 Å². The predicted octanol–water partition coefficient (Wildman–Crippen LogP) is 0.949. The van der Waals surface area contributed by atoms with Crippen LogP contribution in [0.1, 0.15) is 29.6 Å². The largest absolute Gasteiger partial charge is 0.337 e. The molecule has 0 unspecified atom stereocenters. The van der Waals surface area contributed by atoms with Crippen LogP contribution in [0.4, 0.5) is 0 Å². The Labute approximate surface area is 130 Å². The fourth-order valence-electron chi connectivity index (χ4n) is 3.14. The molecule has 0 aliphatic carbocycles. The van der Waals surface area contributed by atoms with Gasteiger partial charge < -0.3 is 4.57 Å². The van der Waals surface area contributed by atoms with E-state index in [1.807, 2.05) is 24.7 Å². The summed E-state index contributed by atoms with van der Waals surface area (Å²) in [6.07, 6.45) is 4.34. The van der Waals surface area contributed by atoms with Crippen molar-refractivity contribution in [3.63, 3.8) is 0 Å². The minimum absolute atomic E-state index is 0.144. The van der Waals surface area contributed by atoms with E-state index < -0.39 is 10.0 Å². The van der Waals surface area contributed by atoms with Crippen LogP contribution in [0, 0.1) is 13.8 Å². The quantitative estimate of drug-likeness (QED) is 0.843. The molecule has 0 saturated carbocycles. The number of rotatable bonds is 3. The Hall–Kier alpha value is -1.67. The lowest BCUT2D eigenvalue weighted by atomic mass is 10.1. The smallest absolute Gasteiger partial charge is 0.246 e. The first-order chi connectivity index (χ1) is 10.3. The molecule has 0 amide bonds. The Balaban J connectivity index is 1.86. The SMILES string of the molecule is Cc1cn(C)c([C@@H]2CCN(S(=O)(=O)c3cn(C)nc3C)C2)n1. The molecule has 0 radical (unpaired) electrons. The van der Waals surface area contributed by atoms with Gasteiger partial charge in [0.05, 0.1) is 11.4 Å². The molecule has 1 aliphatic rings. The molecule has 7 nitrogen and oxygen atoms in total. The lowest BCUT2D eigenvalue weighted by molar-refractivity contribution is 0.469. The molecule has 120 valence electrons. The van der Waals surface area contributed by atoms with Crippen molar-refractivity contribution in [3.05, 3.63) is 29.6 Å². The molecule has 0 N–H and O–H groups in total. The topological polar surface area (TPSA) is 73.0 Å². The van der Waals surface area contributed by atoms with Gasteiger partial charge in [0.2, 0.25) is 10.0 Å². The zero-order valence-corrected chi connectivity index (χ0v) is 14.1. The fraction of sp³-hybridized carbons (Fsp3) is 0.571. The molecule has 1 fully saturated rings. The standard InChI is InChI=1S/C14H21N5O2S/c1-10-7-17(3)14(15-10)12-5-6-19(8-12)22(20,21)13-9-18(4)16-11(13)2/h7,9,12H,5-6,8H2,1-4H3/t12-/m1/s1. The van der Waals surface area contributed by atoms with Gasteiger partial charge in [-0.3, -0.25) is 4.68 Å². The normalized spacial score (nSPS) is 19.9. The Kier molecular flexibility index (Phi) is 3.60. The van der Waals surface area contributed by atoms with Gasteiger partial charge in [0, 0.05) is 45.5 Å². The van der Waals surface area contributed by atoms with E-state index in [4.69, 9.17) is 0 Å². The van der Waals surface area contributed by atoms with Crippen molar-refractivity contribution < 1.29 is 8.42 Å². The third kappa shape index (κ3) is 2.46. The monoisotopic (exact) mass is 323 g/mol. The number of hydrogen-bond acceptors (Lipinski definition) is 4. The maximum absolute atomic E-state index is 12.8. The van der Waals surface area contributed by atoms with Crippen molar-refractivity contribution in [2.45, 2.75) is 31.1 Å². The Bertz CT molecular complexity index is 805. The first-order valence-corrected chi connectivity index (χ1v) is 8.73. The van der Waals surface area contributed by atoms with Gasteiger partial charge in [-0.2, -0.15) is 9.40 Å². The Morgan fingerprint density at radius 1 is 1.23 bits per heavy atom. The van der Waals surface area contributed by atoms with E-state index in [9.17, 15) is 8.42 Å². The summed E-state index contributed by atoms with van der Waals surface area (Å²) in [6, 6.07) is 0. The summed E-state index contributed by atoms with van der Waals surface area (Å²) in [5.41, 5.74) is 1.50. The third-order valence-corrected chi connectivity index (χ3v) is 6.10. The van der Waals surface area contributed by atoms with E-state index in [2.05, 4.69) is 10.1 Å². The van der Waals surface area contributed by atoms with Crippen LogP contribution in [0.15, 0.2) is 17.3 Å². The van der Waals surface area contributed by atoms with Gasteiger partial charge in [-0.1, -0.05) is 0 Å². The molecule has 3 heterocycles. The van der Waals surface area contributed by atoms with E-state index in [-0.39, 0.29) is 5.92 Å². The summed E-state index contributed by atoms with van der Waals surface area (Å²) in [7, 11) is 0.205. The molecule has 0 bridgehead atoms. The second kappa shape index (κ2) is 5.20. The van der Waals surface area contributed by atoms with Crippen LogP contribution in [0.3, 0.4) is 0 Å². The van der Waals surface area contributed by atoms with E-state index in [1.54, 1.807) is 24.5 Å². The fourth-order valence-corrected chi connectivity index (χ4v) is 4.84. The Morgan fingerprint density at radius 3 is 2.50 bits per heavy atom. The van der Waals surface area contributed by atoms with Crippen LogP contribution in [-0.4, -0.2) is 45.1 Å². The van der Waals surface area contributed by atoms with Crippen molar-refractivity contribution in [3.8, 4) is 0 Å². The molecule has 2 aromatic heterocycles. The van der Waals surface area contributed by atoms with Crippen molar-refractivity contribution in [2.75, 3.05) is 13.1 Å². The highest BCUT2D eigenvalue weighted by molar-refractivity contribution is 7.89. The van der Waals surface area contributed by atoms with E-state index >= 15 is 0 Å². The number of hydrogen-bond donors (Lipinski definition) is 0. The molecule has 1 saturated heterocycles. The van der Waals surface area contributed by atoms with E-state index in [0.29, 0.717) is 23.7 Å². The first kappa shape index (κ1) is 15.2. The highest BCUT2D eigenvalue weighted by atomic mass is 32.2. The van der Waals surface area contributed by atoms with Crippen molar-refractivity contribution in [1.29, 1.82) is 0 Å². The summed E-state index contributed by atoms with van der Waals surface area (Å²) < 4.78 is 30.6. The van der Waals surface area contributed by atoms with Crippen LogP contribution in [0.5, 0.6) is 0 Å². The van der Waals surface area contributed by atoms with Gasteiger partial charge in [-0.15, -0.1) is 0 Å². The minimum Gasteiger partial charge on any atom is -0.337 e. The molecular weight excluding hydrogens is 302 g/mol. The molecule has 1 aliphatic heterocycles. The highest BCUT2D eigenvalue weighted by Gasteiger charge is 2.36. The number of imidazole rings is 1. The van der Waals surface area contributed by atoms with Gasteiger partial charge >= 0.3 is 0 Å². The van der Waals surface area contributed by atoms with Gasteiger partial charge in [0.1, 0.15) is 10.7 Å². The molecule has 8 heteroatoms. The van der Waals surface area contributed by atoms with Crippen LogP contribution in [0.2, 0.25) is 0 Å². The minimum atomic E-state index is -3.48. The average Bonchev–Trinajstić information content (AvgIpc) is 3.09. The summed E-state index contributed by atoms with van der Waals surface area (Å²) in [5, 5.41) is 4.14. The van der Waals surface area contributed by atoms with E-state index in [1.165, 1.54) is 4.68 Å². The van der Waals surface area contributed by atoms with Crippen LogP contribution >= 0.6 is 0 Å². The second-order valence-electron chi connectivity index (χ2n) is 5.95. The van der Waals surface area contributed by atoms with Gasteiger partial charge in [-0.05, 0) is 20.3 Å². The maximum atomic E-state index is 12.8. The summed E-state index contributed by atoms with van der Waals surface area (Å²) in [5.74, 6) is 1.10. The zero-order valence-electron chi connectivity index (χ0n) is 13.3. The molecule has 1 atom stereocenters. The number of aromatic nitrogens is 4. The molecule has 0 aromatic carbocycles. The maximum Gasteiger partial charge on any atom is 0.246 e. The predicted molar refractivity (Wildman–Crippen MR) is 82.0 cm³/mol. The van der Waals surface area contributed by atoms with E-state index in [0.717, 1.165) is 17.9 Å². The number of nitrogens with zero attached hydrogens (tertiary/aromatic N) is 5. The first-order valence-electron chi connectivity index (χ1n) is 7.29. The Morgan fingerprint density at radius 2 is 1.95 bits per heavy atom. The molecule has 3 rings (SSSR count). The lowest BCUT2D eigenvalue weighted by Gasteiger charge is -2.16. The molecule has 22 heavy (non-hydrogen) atoms. The van der Waals surface area contributed by atoms with Gasteiger partial charge in [0.25, 0.3) is 0 Å². The van der Waals surface area contributed by atoms with Crippen LogP contribution in [-0.2, 0) is 24.1 Å². The third-order valence-electron chi connectivity index (χ3n) is 4.14. The van der Waals surface area contributed by atoms with Crippen molar-refractivity contribution in [1.82, 2.24) is 23.6 Å². The number of aryl methyl sites for hydroxylation is 4.